The van der Waals surface area contributed by atoms with Crippen molar-refractivity contribution in [2.24, 2.45) is 28.8 Å². The number of carboxylic acid groups (broad SMARTS) is 1. The van der Waals surface area contributed by atoms with Crippen molar-refractivity contribution in [1.29, 1.82) is 0 Å². The van der Waals surface area contributed by atoms with Crippen LogP contribution < -0.4 is 0 Å². The molecule has 2 aromatic rings. The van der Waals surface area contributed by atoms with Gasteiger partial charge in [-0.25, -0.2) is 8.78 Å². The van der Waals surface area contributed by atoms with Crippen LogP contribution in [-0.2, 0) is 16.0 Å². The van der Waals surface area contributed by atoms with Crippen LogP contribution in [0.3, 0.4) is 0 Å². The first-order chi connectivity index (χ1) is 21.6. The lowest BCUT2D eigenvalue weighted by atomic mass is 9.77. The van der Waals surface area contributed by atoms with Crippen molar-refractivity contribution in [2.45, 2.75) is 64.5 Å². The number of aromatic nitrogens is 1. The number of alkyl halides is 3. The molecular weight excluding hydrogens is 656 g/mol. The number of carbonyl (C=O) groups is 3. The fourth-order valence-corrected chi connectivity index (χ4v) is 6.58. The summed E-state index contributed by atoms with van der Waals surface area (Å²) < 4.78 is 71.3. The van der Waals surface area contributed by atoms with Crippen LogP contribution >= 0.6 is 23.2 Å². The minimum atomic E-state index is -4.92. The zero-order valence-corrected chi connectivity index (χ0v) is 26.2. The lowest BCUT2D eigenvalue weighted by Gasteiger charge is -2.27. The summed E-state index contributed by atoms with van der Waals surface area (Å²) in [5, 5.41) is 13.1. The van der Waals surface area contributed by atoms with Gasteiger partial charge in [-0.3, -0.25) is 19.4 Å². The Morgan fingerprint density at radius 2 is 1.63 bits per heavy atom. The molecule has 0 radical (unpaired) electrons. The summed E-state index contributed by atoms with van der Waals surface area (Å²) in [5.41, 5.74) is -1.70. The fraction of sp³-hybridized carbons (Fsp3) is 0.438. The predicted molar refractivity (Wildman–Crippen MR) is 161 cm³/mol. The number of hydrogen-bond acceptors (Lipinski definition) is 5. The number of carbonyl (C=O) groups excluding carboxylic acids is 2. The smallest absolute Gasteiger partial charge is 0.481 e. The Kier molecular flexibility index (Phi) is 11.5. The molecule has 2 heterocycles. The lowest BCUT2D eigenvalue weighted by Crippen LogP contribution is -2.28. The highest BCUT2D eigenvalue weighted by Crippen LogP contribution is 2.36. The van der Waals surface area contributed by atoms with Gasteiger partial charge in [0.2, 0.25) is 0 Å². The van der Waals surface area contributed by atoms with E-state index in [0.717, 1.165) is 18.3 Å². The van der Waals surface area contributed by atoms with E-state index in [1.165, 1.54) is 18.6 Å². The molecule has 4 rings (SSSR count). The summed E-state index contributed by atoms with van der Waals surface area (Å²) in [5.74, 6) is -5.66. The molecule has 0 saturated heterocycles. The minimum absolute atomic E-state index is 0.0208. The van der Waals surface area contributed by atoms with Crippen molar-refractivity contribution in [3.05, 3.63) is 74.7 Å². The zero-order valence-electron chi connectivity index (χ0n) is 24.7. The third kappa shape index (κ3) is 8.85. The Bertz CT molecular complexity index is 1560. The number of hydrazone groups is 1. The number of pyridine rings is 1. The summed E-state index contributed by atoms with van der Waals surface area (Å²) in [6.07, 6.45) is 0.887. The Balaban J connectivity index is 1.53. The van der Waals surface area contributed by atoms with Crippen LogP contribution in [0.2, 0.25) is 10.0 Å². The number of hydrogen-bond donors (Lipinski definition) is 1. The molecule has 7 nitrogen and oxygen atoms in total. The Morgan fingerprint density at radius 1 is 1.02 bits per heavy atom. The standard InChI is InChI=1S/C32H30Cl2F5N3O4/c1-17(31(45)46)21-5-2-18(3-6-21)16-42-30(32(37,38)39)24(13-41-42)27(43)7-4-19(8-20-9-22(35)12-23(36)10-20)11-28(44)29-25(33)14-40-15-26(29)34/h9-10,12-19,21H,2-8,11H2,1H3/p+1. The highest BCUT2D eigenvalue weighted by molar-refractivity contribution is 6.39. The number of ketones is 2. The SMILES string of the molecule is CC(C(=O)O)C1CCC(C=[N+]2N=CC(C(=O)CCC(CC(=O)c3c(Cl)cncc3Cl)Cc3cc(F)cc(F)c3)=C2C(F)(F)F)CC1. The van der Waals surface area contributed by atoms with Gasteiger partial charge in [0.25, 0.3) is 0 Å². The Hall–Kier alpha value is -3.51. The molecule has 1 fully saturated rings. The highest BCUT2D eigenvalue weighted by Gasteiger charge is 2.50. The first kappa shape index (κ1) is 35.3. The summed E-state index contributed by atoms with van der Waals surface area (Å²) in [4.78, 5) is 41.5. The van der Waals surface area contributed by atoms with Crippen LogP contribution in [0, 0.1) is 35.3 Å². The van der Waals surface area contributed by atoms with E-state index in [1.54, 1.807) is 6.92 Å². The van der Waals surface area contributed by atoms with Gasteiger partial charge in [0.15, 0.2) is 17.8 Å². The summed E-state index contributed by atoms with van der Waals surface area (Å²) in [6, 6.07) is 2.83. The Morgan fingerprint density at radius 3 is 2.20 bits per heavy atom. The number of halogens is 7. The van der Waals surface area contributed by atoms with E-state index in [0.29, 0.717) is 36.4 Å². The molecule has 0 amide bonds. The van der Waals surface area contributed by atoms with Crippen molar-refractivity contribution < 1.29 is 46.1 Å². The number of nitrogens with zero attached hydrogens (tertiary/aromatic N) is 3. The maximum absolute atomic E-state index is 14.3. The number of rotatable bonds is 12. The van der Waals surface area contributed by atoms with E-state index in [1.807, 2.05) is 0 Å². The molecule has 1 aromatic heterocycles. The first-order valence-corrected chi connectivity index (χ1v) is 15.4. The maximum atomic E-state index is 14.3. The van der Waals surface area contributed by atoms with E-state index in [-0.39, 0.29) is 52.3 Å². The van der Waals surface area contributed by atoms with E-state index in [2.05, 4.69) is 10.1 Å². The van der Waals surface area contributed by atoms with Gasteiger partial charge in [-0.05, 0) is 77.8 Å². The monoisotopic (exact) mass is 686 g/mol. The van der Waals surface area contributed by atoms with Crippen molar-refractivity contribution in [3.8, 4) is 0 Å². The summed E-state index contributed by atoms with van der Waals surface area (Å²) in [7, 11) is 0. The van der Waals surface area contributed by atoms with Gasteiger partial charge in [-0.2, -0.15) is 13.2 Å². The molecule has 246 valence electrons. The van der Waals surface area contributed by atoms with Crippen LogP contribution in [0.5, 0.6) is 0 Å². The largest absolute Gasteiger partial charge is 0.481 e. The molecule has 46 heavy (non-hydrogen) atoms. The van der Waals surface area contributed by atoms with E-state index in [4.69, 9.17) is 23.2 Å². The molecule has 1 aromatic carbocycles. The first-order valence-electron chi connectivity index (χ1n) is 14.7. The average molecular weight is 688 g/mol. The van der Waals surface area contributed by atoms with Crippen LogP contribution in [-0.4, -0.2) is 50.9 Å². The fourth-order valence-electron chi connectivity index (χ4n) is 6.01. The quantitative estimate of drug-likeness (QED) is 0.139. The predicted octanol–water partition coefficient (Wildman–Crippen LogP) is 7.87. The third-order valence-corrected chi connectivity index (χ3v) is 9.04. The van der Waals surface area contributed by atoms with Gasteiger partial charge in [-0.15, -0.1) is 0 Å². The van der Waals surface area contributed by atoms with Gasteiger partial charge < -0.3 is 5.11 Å². The molecule has 2 aliphatic rings. The van der Waals surface area contributed by atoms with Gasteiger partial charge >= 0.3 is 17.8 Å². The molecule has 1 aliphatic heterocycles. The van der Waals surface area contributed by atoms with Crippen molar-refractivity contribution in [2.75, 3.05) is 0 Å². The molecule has 14 heteroatoms. The molecule has 1 N–H and O–H groups in total. The van der Waals surface area contributed by atoms with Crippen LogP contribution in [0.4, 0.5) is 22.0 Å². The topological polar surface area (TPSA) is 99.7 Å². The van der Waals surface area contributed by atoms with Gasteiger partial charge in [0.05, 0.1) is 21.5 Å². The van der Waals surface area contributed by atoms with Crippen LogP contribution in [0.1, 0.15) is 67.8 Å². The van der Waals surface area contributed by atoms with Gasteiger partial charge in [0, 0.05) is 37.2 Å². The average Bonchev–Trinajstić information content (AvgIpc) is 3.39. The second-order valence-electron chi connectivity index (χ2n) is 11.7. The lowest BCUT2D eigenvalue weighted by molar-refractivity contribution is -0.503. The number of aliphatic carboxylic acids is 1. The molecule has 0 spiro atoms. The summed E-state index contributed by atoms with van der Waals surface area (Å²) in [6.45, 7) is 1.62. The van der Waals surface area contributed by atoms with Gasteiger partial charge in [-0.1, -0.05) is 30.1 Å². The van der Waals surface area contributed by atoms with Crippen LogP contribution in [0.25, 0.3) is 0 Å². The van der Waals surface area contributed by atoms with Crippen molar-refractivity contribution >= 4 is 53.2 Å². The molecule has 1 aliphatic carbocycles. The normalized spacial score (nSPS) is 20.7. The minimum Gasteiger partial charge on any atom is -0.481 e. The number of benzene rings is 1. The van der Waals surface area contributed by atoms with E-state index in [9.17, 15) is 41.4 Å². The summed E-state index contributed by atoms with van der Waals surface area (Å²) >= 11 is 12.2. The van der Waals surface area contributed by atoms with Crippen molar-refractivity contribution in [1.82, 2.24) is 4.98 Å². The number of allylic oxidation sites excluding steroid dienone is 2. The number of carboxylic acids is 1. The second kappa shape index (κ2) is 14.9. The molecule has 0 bridgehead atoms. The number of Topliss-reactive ketones (excluding diaryl/α,β-unsaturated/α-hetero) is 2. The molecular formula is C32H31Cl2F5N3O4+. The maximum Gasteiger partial charge on any atom is 0.481 e. The second-order valence-corrected chi connectivity index (χ2v) is 12.5. The third-order valence-electron chi connectivity index (χ3n) is 8.46. The Labute approximate surface area is 271 Å². The molecule has 2 unspecified atom stereocenters. The van der Waals surface area contributed by atoms with Crippen LogP contribution in [0.15, 0.2) is 47.0 Å². The molecule has 2 atom stereocenters. The molecule has 1 saturated carbocycles. The van der Waals surface area contributed by atoms with E-state index >= 15 is 0 Å². The van der Waals surface area contributed by atoms with Crippen molar-refractivity contribution in [3.63, 3.8) is 0 Å². The highest BCUT2D eigenvalue weighted by atomic mass is 35.5. The van der Waals surface area contributed by atoms with E-state index < -0.39 is 64.9 Å². The van der Waals surface area contributed by atoms with Gasteiger partial charge in [0.1, 0.15) is 23.4 Å². The zero-order chi connectivity index (χ0) is 33.8.